The summed E-state index contributed by atoms with van der Waals surface area (Å²) in [7, 11) is 2.21. The maximum Gasteiger partial charge on any atom is 0.0263 e. The third-order valence-corrected chi connectivity index (χ3v) is 5.42. The number of fused-ring (bicyclic) bond motifs is 1. The highest BCUT2D eigenvalue weighted by atomic mass is 79.9. The average molecular weight is 348 g/mol. The Kier molecular flexibility index (Phi) is 4.49. The third-order valence-electron chi connectivity index (χ3n) is 3.59. The highest BCUT2D eigenvalue weighted by Gasteiger charge is 2.22. The molecule has 2 aromatic carbocycles. The maximum atomic E-state index is 3.48. The van der Waals surface area contributed by atoms with E-state index in [0.717, 1.165) is 17.6 Å². The monoisotopic (exact) mass is 347 g/mol. The zero-order valence-corrected chi connectivity index (χ0v) is 14.0. The Balaban J connectivity index is 1.55. The normalized spacial score (nSPS) is 17.4. The van der Waals surface area contributed by atoms with E-state index in [2.05, 4.69) is 76.4 Å². The van der Waals surface area contributed by atoms with Crippen LogP contribution in [0.2, 0.25) is 0 Å². The van der Waals surface area contributed by atoms with Crippen molar-refractivity contribution in [3.05, 3.63) is 64.1 Å². The molecule has 0 saturated heterocycles. The van der Waals surface area contributed by atoms with Crippen LogP contribution in [0.4, 0.5) is 0 Å². The zero-order valence-electron chi connectivity index (χ0n) is 11.6. The summed E-state index contributed by atoms with van der Waals surface area (Å²) in [6.45, 7) is 2.15. The summed E-state index contributed by atoms with van der Waals surface area (Å²) in [5.74, 6) is 0. The van der Waals surface area contributed by atoms with Gasteiger partial charge in [-0.05, 0) is 42.8 Å². The van der Waals surface area contributed by atoms with Gasteiger partial charge in [-0.3, -0.25) is 0 Å². The van der Waals surface area contributed by atoms with Gasteiger partial charge in [-0.15, -0.1) is 11.8 Å². The predicted molar refractivity (Wildman–Crippen MR) is 90.3 cm³/mol. The predicted octanol–water partition coefficient (Wildman–Crippen LogP) is 4.60. The largest absolute Gasteiger partial charge is 0.301 e. The summed E-state index contributed by atoms with van der Waals surface area (Å²) < 4.78 is 1.14. The first-order valence-electron chi connectivity index (χ1n) is 6.88. The minimum absolute atomic E-state index is 0.688. The number of rotatable bonds is 4. The minimum atomic E-state index is 0.688. The van der Waals surface area contributed by atoms with Gasteiger partial charge in [-0.25, -0.2) is 0 Å². The molecule has 0 fully saturated rings. The number of nitrogens with zero attached hydrogens (tertiary/aromatic N) is 1. The van der Waals surface area contributed by atoms with Gasteiger partial charge in [0.1, 0.15) is 0 Å². The SMILES string of the molecule is CN(Cc1ccc(Br)cc1)CC1Cc2ccccc2S1. The quantitative estimate of drug-likeness (QED) is 0.795. The second-order valence-electron chi connectivity index (χ2n) is 5.37. The lowest BCUT2D eigenvalue weighted by Crippen LogP contribution is -2.26. The fraction of sp³-hybridized carbons (Fsp3) is 0.294. The van der Waals surface area contributed by atoms with E-state index in [1.807, 2.05) is 11.8 Å². The third kappa shape index (κ3) is 3.46. The number of hydrogen-bond donors (Lipinski definition) is 0. The Morgan fingerprint density at radius 2 is 1.90 bits per heavy atom. The molecule has 1 heterocycles. The molecule has 1 atom stereocenters. The van der Waals surface area contributed by atoms with Gasteiger partial charge in [0.25, 0.3) is 0 Å². The van der Waals surface area contributed by atoms with Crippen LogP contribution >= 0.6 is 27.7 Å². The molecule has 1 aliphatic heterocycles. The Bertz CT molecular complexity index is 557. The first-order valence-corrected chi connectivity index (χ1v) is 8.55. The fourth-order valence-electron chi connectivity index (χ4n) is 2.67. The van der Waals surface area contributed by atoms with Crippen molar-refractivity contribution in [3.8, 4) is 0 Å². The minimum Gasteiger partial charge on any atom is -0.301 e. The molecule has 0 bridgehead atoms. The van der Waals surface area contributed by atoms with Gasteiger partial charge < -0.3 is 4.90 Å². The molecule has 20 heavy (non-hydrogen) atoms. The molecule has 0 spiro atoms. The molecule has 0 N–H and O–H groups in total. The van der Waals surface area contributed by atoms with Crippen LogP contribution < -0.4 is 0 Å². The van der Waals surface area contributed by atoms with Gasteiger partial charge in [0.15, 0.2) is 0 Å². The smallest absolute Gasteiger partial charge is 0.0263 e. The van der Waals surface area contributed by atoms with Gasteiger partial charge in [-0.1, -0.05) is 46.3 Å². The zero-order chi connectivity index (χ0) is 13.9. The van der Waals surface area contributed by atoms with Crippen LogP contribution in [0, 0.1) is 0 Å². The molecule has 1 unspecified atom stereocenters. The van der Waals surface area contributed by atoms with E-state index in [9.17, 15) is 0 Å². The molecular weight excluding hydrogens is 330 g/mol. The summed E-state index contributed by atoms with van der Waals surface area (Å²) >= 11 is 5.51. The van der Waals surface area contributed by atoms with Gasteiger partial charge in [0.05, 0.1) is 0 Å². The standard InChI is InChI=1S/C17H18BrNS/c1-19(11-13-6-8-15(18)9-7-13)12-16-10-14-4-2-3-5-17(14)20-16/h2-9,16H,10-12H2,1H3. The fourth-order valence-corrected chi connectivity index (χ4v) is 4.34. The molecule has 0 aliphatic carbocycles. The summed E-state index contributed by atoms with van der Waals surface area (Å²) in [4.78, 5) is 3.89. The molecule has 1 aliphatic rings. The lowest BCUT2D eigenvalue weighted by molar-refractivity contribution is 0.327. The lowest BCUT2D eigenvalue weighted by atomic mass is 10.1. The van der Waals surface area contributed by atoms with Crippen LogP contribution in [-0.4, -0.2) is 23.7 Å². The van der Waals surface area contributed by atoms with Crippen LogP contribution in [0.3, 0.4) is 0 Å². The molecule has 1 nitrogen and oxygen atoms in total. The lowest BCUT2D eigenvalue weighted by Gasteiger charge is -2.20. The van der Waals surface area contributed by atoms with Gasteiger partial charge in [-0.2, -0.15) is 0 Å². The van der Waals surface area contributed by atoms with E-state index in [-0.39, 0.29) is 0 Å². The molecule has 104 valence electrons. The summed E-state index contributed by atoms with van der Waals surface area (Å²) in [5, 5.41) is 0.688. The van der Waals surface area contributed by atoms with E-state index >= 15 is 0 Å². The summed E-state index contributed by atoms with van der Waals surface area (Å²) in [6, 6.07) is 17.4. The topological polar surface area (TPSA) is 3.24 Å². The highest BCUT2D eigenvalue weighted by molar-refractivity contribution is 9.10. The average Bonchev–Trinajstić information content (AvgIpc) is 2.83. The van der Waals surface area contributed by atoms with Crippen molar-refractivity contribution in [2.75, 3.05) is 13.6 Å². The van der Waals surface area contributed by atoms with E-state index in [4.69, 9.17) is 0 Å². The Hall–Kier alpha value is -0.770. The van der Waals surface area contributed by atoms with Crippen LogP contribution in [0.15, 0.2) is 57.9 Å². The number of thioether (sulfide) groups is 1. The van der Waals surface area contributed by atoms with Crippen molar-refractivity contribution >= 4 is 27.7 Å². The molecule has 0 saturated carbocycles. The van der Waals surface area contributed by atoms with Crippen molar-refractivity contribution in [1.29, 1.82) is 0 Å². The Morgan fingerprint density at radius 1 is 1.15 bits per heavy atom. The van der Waals surface area contributed by atoms with Crippen LogP contribution in [0.5, 0.6) is 0 Å². The van der Waals surface area contributed by atoms with Crippen molar-refractivity contribution in [3.63, 3.8) is 0 Å². The van der Waals surface area contributed by atoms with Crippen LogP contribution in [0.25, 0.3) is 0 Å². The van der Waals surface area contributed by atoms with E-state index in [1.54, 1.807) is 0 Å². The van der Waals surface area contributed by atoms with E-state index in [1.165, 1.54) is 22.4 Å². The van der Waals surface area contributed by atoms with E-state index in [0.29, 0.717) is 5.25 Å². The molecular formula is C17H18BrNS. The molecule has 3 rings (SSSR count). The van der Waals surface area contributed by atoms with Crippen LogP contribution in [-0.2, 0) is 13.0 Å². The molecule has 0 aromatic heterocycles. The number of hydrogen-bond acceptors (Lipinski definition) is 2. The Labute approximate surface area is 133 Å². The molecule has 0 radical (unpaired) electrons. The van der Waals surface area contributed by atoms with Crippen molar-refractivity contribution in [1.82, 2.24) is 4.90 Å². The second kappa shape index (κ2) is 6.33. The van der Waals surface area contributed by atoms with Crippen molar-refractivity contribution in [2.24, 2.45) is 0 Å². The molecule has 3 heteroatoms. The van der Waals surface area contributed by atoms with Gasteiger partial charge >= 0.3 is 0 Å². The molecule has 0 amide bonds. The maximum absolute atomic E-state index is 3.48. The van der Waals surface area contributed by atoms with Crippen LogP contribution in [0.1, 0.15) is 11.1 Å². The molecule has 2 aromatic rings. The van der Waals surface area contributed by atoms with Gasteiger partial charge in [0, 0.05) is 27.7 Å². The summed E-state index contributed by atoms with van der Waals surface area (Å²) in [6.07, 6.45) is 1.20. The van der Waals surface area contributed by atoms with Crippen molar-refractivity contribution < 1.29 is 0 Å². The highest BCUT2D eigenvalue weighted by Crippen LogP contribution is 2.37. The first-order chi connectivity index (χ1) is 9.70. The van der Waals surface area contributed by atoms with Crippen molar-refractivity contribution in [2.45, 2.75) is 23.1 Å². The Morgan fingerprint density at radius 3 is 2.65 bits per heavy atom. The number of benzene rings is 2. The summed E-state index contributed by atoms with van der Waals surface area (Å²) in [5.41, 5.74) is 2.88. The number of halogens is 1. The van der Waals surface area contributed by atoms with Gasteiger partial charge in [0.2, 0.25) is 0 Å². The second-order valence-corrected chi connectivity index (χ2v) is 7.63. The van der Waals surface area contributed by atoms with E-state index < -0.39 is 0 Å². The first kappa shape index (κ1) is 14.2.